The van der Waals surface area contributed by atoms with Crippen LogP contribution in [0.5, 0.6) is 5.75 Å². The van der Waals surface area contributed by atoms with Crippen molar-refractivity contribution in [2.24, 2.45) is 0 Å². The summed E-state index contributed by atoms with van der Waals surface area (Å²) in [7, 11) is 0. The lowest BCUT2D eigenvalue weighted by Crippen LogP contribution is -2.31. The van der Waals surface area contributed by atoms with Crippen molar-refractivity contribution >= 4 is 0 Å². The summed E-state index contributed by atoms with van der Waals surface area (Å²) in [6.07, 6.45) is 2.30. The van der Waals surface area contributed by atoms with E-state index in [1.807, 2.05) is 12.1 Å². The summed E-state index contributed by atoms with van der Waals surface area (Å²) in [5, 5.41) is 30.2. The van der Waals surface area contributed by atoms with E-state index in [2.05, 4.69) is 12.2 Å². The number of unbranched alkanes of at least 4 members (excludes halogenated alkanes) is 1. The van der Waals surface area contributed by atoms with Crippen molar-refractivity contribution in [3.63, 3.8) is 0 Å². The van der Waals surface area contributed by atoms with Gasteiger partial charge in [-0.2, -0.15) is 0 Å². The molecule has 0 radical (unpaired) electrons. The lowest BCUT2D eigenvalue weighted by molar-refractivity contribution is 0.0664. The fraction of sp³-hybridized carbons (Fsp3) is 0.538. The van der Waals surface area contributed by atoms with Crippen LogP contribution in [0.4, 0.5) is 0 Å². The first kappa shape index (κ1) is 14.0. The van der Waals surface area contributed by atoms with Crippen LogP contribution in [-0.4, -0.2) is 28.2 Å². The number of aliphatic hydroxyl groups excluding tert-OH is 2. The number of phenols is 1. The SMILES string of the molecule is CCCCc1ccc(O)c(CNC(O)CO)c1. The van der Waals surface area contributed by atoms with Crippen LogP contribution >= 0.6 is 0 Å². The summed E-state index contributed by atoms with van der Waals surface area (Å²) >= 11 is 0. The molecule has 0 fully saturated rings. The standard InChI is InChI=1S/C13H21NO3/c1-2-3-4-10-5-6-12(16)11(7-10)8-14-13(17)9-15/h5-7,13-17H,2-4,8-9H2,1H3. The van der Waals surface area contributed by atoms with Crippen LogP contribution in [0, 0.1) is 0 Å². The third-order valence-electron chi connectivity index (χ3n) is 2.66. The molecule has 1 aromatic rings. The first-order chi connectivity index (χ1) is 8.17. The van der Waals surface area contributed by atoms with Gasteiger partial charge in [-0.1, -0.05) is 25.5 Å². The van der Waals surface area contributed by atoms with Crippen LogP contribution < -0.4 is 5.32 Å². The van der Waals surface area contributed by atoms with E-state index in [-0.39, 0.29) is 12.4 Å². The van der Waals surface area contributed by atoms with Crippen LogP contribution in [-0.2, 0) is 13.0 Å². The van der Waals surface area contributed by atoms with Crippen LogP contribution in [0.15, 0.2) is 18.2 Å². The van der Waals surface area contributed by atoms with E-state index >= 15 is 0 Å². The Bertz CT molecular complexity index is 341. The molecule has 0 saturated heterocycles. The fourth-order valence-electron chi connectivity index (χ4n) is 1.61. The van der Waals surface area contributed by atoms with Gasteiger partial charge in [-0.3, -0.25) is 5.32 Å². The van der Waals surface area contributed by atoms with Crippen LogP contribution in [0.2, 0.25) is 0 Å². The highest BCUT2D eigenvalue weighted by Crippen LogP contribution is 2.19. The molecule has 0 aliphatic rings. The molecular weight excluding hydrogens is 218 g/mol. The molecule has 96 valence electrons. The maximum Gasteiger partial charge on any atom is 0.128 e. The molecule has 0 aliphatic heterocycles. The van der Waals surface area contributed by atoms with E-state index in [1.165, 1.54) is 5.56 Å². The van der Waals surface area contributed by atoms with Crippen molar-refractivity contribution < 1.29 is 15.3 Å². The van der Waals surface area contributed by atoms with Crippen LogP contribution in [0.25, 0.3) is 0 Å². The van der Waals surface area contributed by atoms with Gasteiger partial charge in [-0.05, 0) is 24.5 Å². The molecule has 1 unspecified atom stereocenters. The number of aryl methyl sites for hydroxylation is 1. The summed E-state index contributed by atoms with van der Waals surface area (Å²) in [6.45, 7) is 2.14. The summed E-state index contributed by atoms with van der Waals surface area (Å²) in [5.41, 5.74) is 1.92. The molecule has 0 bridgehead atoms. The molecule has 1 atom stereocenters. The molecule has 0 heterocycles. The molecule has 0 amide bonds. The maximum absolute atomic E-state index is 9.66. The molecule has 0 aromatic heterocycles. The normalized spacial score (nSPS) is 12.6. The molecule has 4 heteroatoms. The summed E-state index contributed by atoms with van der Waals surface area (Å²) in [6, 6.07) is 5.52. The predicted molar refractivity (Wildman–Crippen MR) is 66.7 cm³/mol. The van der Waals surface area contributed by atoms with Gasteiger partial charge in [0.25, 0.3) is 0 Å². The Labute approximate surface area is 102 Å². The van der Waals surface area contributed by atoms with Gasteiger partial charge in [-0.25, -0.2) is 0 Å². The van der Waals surface area contributed by atoms with Gasteiger partial charge in [-0.15, -0.1) is 0 Å². The van der Waals surface area contributed by atoms with Gasteiger partial charge < -0.3 is 15.3 Å². The smallest absolute Gasteiger partial charge is 0.128 e. The van der Waals surface area contributed by atoms with E-state index in [9.17, 15) is 10.2 Å². The number of rotatable bonds is 7. The highest BCUT2D eigenvalue weighted by atomic mass is 16.3. The summed E-state index contributed by atoms with van der Waals surface area (Å²) in [4.78, 5) is 0. The number of phenolic OH excluding ortho intramolecular Hbond substituents is 1. The highest BCUT2D eigenvalue weighted by Gasteiger charge is 2.05. The van der Waals surface area contributed by atoms with Crippen molar-refractivity contribution in [3.8, 4) is 5.75 Å². The lowest BCUT2D eigenvalue weighted by atomic mass is 10.0. The third kappa shape index (κ3) is 4.73. The largest absolute Gasteiger partial charge is 0.508 e. The van der Waals surface area contributed by atoms with E-state index in [4.69, 9.17) is 5.11 Å². The van der Waals surface area contributed by atoms with Crippen LogP contribution in [0.3, 0.4) is 0 Å². The number of nitrogens with one attached hydrogen (secondary N) is 1. The molecule has 1 rings (SSSR count). The minimum Gasteiger partial charge on any atom is -0.508 e. The van der Waals surface area contributed by atoms with Crippen molar-refractivity contribution in [1.29, 1.82) is 0 Å². The van der Waals surface area contributed by atoms with Crippen molar-refractivity contribution in [2.75, 3.05) is 6.61 Å². The van der Waals surface area contributed by atoms with Gasteiger partial charge in [0.1, 0.15) is 12.0 Å². The topological polar surface area (TPSA) is 72.7 Å². The Kier molecular flexibility index (Phi) is 5.97. The zero-order valence-corrected chi connectivity index (χ0v) is 10.2. The first-order valence-electron chi connectivity index (χ1n) is 6.00. The molecular formula is C13H21NO3. The summed E-state index contributed by atoms with van der Waals surface area (Å²) < 4.78 is 0. The zero-order valence-electron chi connectivity index (χ0n) is 10.2. The van der Waals surface area contributed by atoms with Crippen molar-refractivity contribution in [1.82, 2.24) is 5.32 Å². The van der Waals surface area contributed by atoms with E-state index in [0.29, 0.717) is 6.54 Å². The monoisotopic (exact) mass is 239 g/mol. The van der Waals surface area contributed by atoms with Gasteiger partial charge in [0, 0.05) is 12.1 Å². The third-order valence-corrected chi connectivity index (χ3v) is 2.66. The Morgan fingerprint density at radius 1 is 1.35 bits per heavy atom. The number of aliphatic hydroxyl groups is 2. The minimum atomic E-state index is -0.950. The molecule has 0 aliphatic carbocycles. The number of hydrogen-bond acceptors (Lipinski definition) is 4. The predicted octanol–water partition coefficient (Wildman–Crippen LogP) is 1.14. The molecule has 4 N–H and O–H groups in total. The average Bonchev–Trinajstić information content (AvgIpc) is 2.35. The lowest BCUT2D eigenvalue weighted by Gasteiger charge is -2.12. The fourth-order valence-corrected chi connectivity index (χ4v) is 1.61. The van der Waals surface area contributed by atoms with E-state index < -0.39 is 6.23 Å². The molecule has 4 nitrogen and oxygen atoms in total. The Balaban J connectivity index is 2.62. The van der Waals surface area contributed by atoms with Gasteiger partial charge in [0.05, 0.1) is 6.61 Å². The second-order valence-corrected chi connectivity index (χ2v) is 4.15. The second kappa shape index (κ2) is 7.27. The van der Waals surface area contributed by atoms with Gasteiger partial charge in [0.15, 0.2) is 0 Å². The molecule has 0 spiro atoms. The maximum atomic E-state index is 9.66. The van der Waals surface area contributed by atoms with E-state index in [0.717, 1.165) is 24.8 Å². The Morgan fingerprint density at radius 3 is 2.76 bits per heavy atom. The quantitative estimate of drug-likeness (QED) is 0.538. The van der Waals surface area contributed by atoms with Crippen LogP contribution in [0.1, 0.15) is 30.9 Å². The first-order valence-corrected chi connectivity index (χ1v) is 6.00. The number of hydrogen-bond donors (Lipinski definition) is 4. The van der Waals surface area contributed by atoms with Crippen molar-refractivity contribution in [2.45, 2.75) is 39.0 Å². The highest BCUT2D eigenvalue weighted by molar-refractivity contribution is 5.36. The van der Waals surface area contributed by atoms with Gasteiger partial charge in [0.2, 0.25) is 0 Å². The Hall–Kier alpha value is -1.10. The van der Waals surface area contributed by atoms with Crippen molar-refractivity contribution in [3.05, 3.63) is 29.3 Å². The second-order valence-electron chi connectivity index (χ2n) is 4.15. The number of benzene rings is 1. The molecule has 17 heavy (non-hydrogen) atoms. The van der Waals surface area contributed by atoms with Gasteiger partial charge >= 0.3 is 0 Å². The molecule has 0 saturated carbocycles. The Morgan fingerprint density at radius 2 is 2.12 bits per heavy atom. The zero-order chi connectivity index (χ0) is 12.7. The minimum absolute atomic E-state index is 0.211. The number of aromatic hydroxyl groups is 1. The summed E-state index contributed by atoms with van der Waals surface area (Å²) in [5.74, 6) is 0.211. The average molecular weight is 239 g/mol. The molecule has 1 aromatic carbocycles. The van der Waals surface area contributed by atoms with E-state index in [1.54, 1.807) is 6.07 Å².